The molecule has 1 aliphatic heterocycles. The molecule has 2 aliphatic rings. The Morgan fingerprint density at radius 2 is 1.85 bits per heavy atom. The van der Waals surface area contributed by atoms with E-state index in [9.17, 15) is 9.59 Å². The number of nitrogens with zero attached hydrogens (tertiary/aromatic N) is 2. The van der Waals surface area contributed by atoms with Crippen molar-refractivity contribution in [1.29, 1.82) is 0 Å². The molecule has 2 unspecified atom stereocenters. The standard InChI is InChI=1S/C27H35N3O2S/c1-26(2)14-22-15-27(3,17-26)18-30(22)24(31)20-11-9-19(10-12-20)16-29(4)25(32)28-21-7-6-8-23(13-21)33-5/h6-13,22H,14-18H2,1-5H3,(H,28,32). The Balaban J connectivity index is 1.37. The van der Waals surface area contributed by atoms with Crippen LogP contribution in [0.4, 0.5) is 10.5 Å². The van der Waals surface area contributed by atoms with Crippen molar-refractivity contribution >= 4 is 29.4 Å². The predicted octanol–water partition coefficient (Wildman–Crippen LogP) is 6.11. The number of benzene rings is 2. The van der Waals surface area contributed by atoms with E-state index in [2.05, 4.69) is 31.0 Å². The van der Waals surface area contributed by atoms with E-state index >= 15 is 0 Å². The number of urea groups is 1. The summed E-state index contributed by atoms with van der Waals surface area (Å²) in [5.74, 6) is 0.132. The molecule has 0 spiro atoms. The Labute approximate surface area is 201 Å². The second-order valence-electron chi connectivity index (χ2n) is 10.9. The van der Waals surface area contributed by atoms with Crippen LogP contribution in [0.5, 0.6) is 0 Å². The Hall–Kier alpha value is -2.47. The lowest BCUT2D eigenvalue weighted by Crippen LogP contribution is -2.37. The van der Waals surface area contributed by atoms with E-state index in [1.165, 1.54) is 6.42 Å². The smallest absolute Gasteiger partial charge is 0.321 e. The highest BCUT2D eigenvalue weighted by Crippen LogP contribution is 2.52. The first-order chi connectivity index (χ1) is 15.6. The van der Waals surface area contributed by atoms with Crippen molar-refractivity contribution in [3.63, 3.8) is 0 Å². The van der Waals surface area contributed by atoms with Crippen molar-refractivity contribution in [3.05, 3.63) is 59.7 Å². The predicted molar refractivity (Wildman–Crippen MR) is 136 cm³/mol. The van der Waals surface area contributed by atoms with Crippen molar-refractivity contribution in [3.8, 4) is 0 Å². The highest BCUT2D eigenvalue weighted by molar-refractivity contribution is 7.98. The summed E-state index contributed by atoms with van der Waals surface area (Å²) in [6.07, 6.45) is 5.37. The molecule has 2 aromatic carbocycles. The molecule has 1 heterocycles. The fraction of sp³-hybridized carbons (Fsp3) is 0.481. The summed E-state index contributed by atoms with van der Waals surface area (Å²) in [5.41, 5.74) is 3.03. The molecule has 2 atom stereocenters. The number of hydrogen-bond donors (Lipinski definition) is 1. The molecule has 176 valence electrons. The molecule has 3 amide bonds. The molecule has 2 aromatic rings. The van der Waals surface area contributed by atoms with Crippen molar-refractivity contribution in [2.24, 2.45) is 10.8 Å². The summed E-state index contributed by atoms with van der Waals surface area (Å²) in [7, 11) is 1.78. The summed E-state index contributed by atoms with van der Waals surface area (Å²) in [6.45, 7) is 8.30. The van der Waals surface area contributed by atoms with Gasteiger partial charge in [0.05, 0.1) is 0 Å². The molecular formula is C27H35N3O2S. The van der Waals surface area contributed by atoms with Crippen LogP contribution in [-0.2, 0) is 6.54 Å². The van der Waals surface area contributed by atoms with E-state index in [1.807, 2.05) is 54.8 Å². The number of anilines is 1. The van der Waals surface area contributed by atoms with Crippen LogP contribution in [0.25, 0.3) is 0 Å². The monoisotopic (exact) mass is 465 g/mol. The van der Waals surface area contributed by atoms with Gasteiger partial charge in [0, 0.05) is 42.3 Å². The van der Waals surface area contributed by atoms with Gasteiger partial charge in [-0.15, -0.1) is 11.8 Å². The van der Waals surface area contributed by atoms with Crippen LogP contribution < -0.4 is 5.32 Å². The van der Waals surface area contributed by atoms with Crippen LogP contribution >= 0.6 is 11.8 Å². The van der Waals surface area contributed by atoms with E-state index in [0.29, 0.717) is 18.0 Å². The third kappa shape index (κ3) is 5.37. The van der Waals surface area contributed by atoms with E-state index < -0.39 is 0 Å². The Kier molecular flexibility index (Phi) is 6.50. The maximum Gasteiger partial charge on any atom is 0.321 e. The van der Waals surface area contributed by atoms with Gasteiger partial charge < -0.3 is 15.1 Å². The van der Waals surface area contributed by atoms with E-state index in [-0.39, 0.29) is 17.4 Å². The van der Waals surface area contributed by atoms with Crippen LogP contribution in [0.3, 0.4) is 0 Å². The summed E-state index contributed by atoms with van der Waals surface area (Å²) >= 11 is 1.64. The maximum atomic E-state index is 13.3. The fourth-order valence-electron chi connectivity index (χ4n) is 5.88. The SMILES string of the molecule is CSc1cccc(NC(=O)N(C)Cc2ccc(C(=O)N3CC4(C)CC3CC(C)(C)C4)cc2)c1. The molecule has 4 rings (SSSR count). The van der Waals surface area contributed by atoms with Gasteiger partial charge in [0.1, 0.15) is 0 Å². The summed E-state index contributed by atoms with van der Waals surface area (Å²) < 4.78 is 0. The first-order valence-corrected chi connectivity index (χ1v) is 12.9. The number of thioether (sulfide) groups is 1. The molecule has 1 saturated heterocycles. The number of nitrogens with one attached hydrogen (secondary N) is 1. The van der Waals surface area contributed by atoms with Gasteiger partial charge in [0.25, 0.3) is 5.91 Å². The molecule has 6 heteroatoms. The number of amides is 3. The topological polar surface area (TPSA) is 52.7 Å². The van der Waals surface area contributed by atoms with Gasteiger partial charge in [-0.2, -0.15) is 0 Å². The molecule has 2 fully saturated rings. The maximum absolute atomic E-state index is 13.3. The number of carbonyl (C=O) groups is 2. The van der Waals surface area contributed by atoms with Gasteiger partial charge >= 0.3 is 6.03 Å². The highest BCUT2D eigenvalue weighted by atomic mass is 32.2. The van der Waals surface area contributed by atoms with Crippen LogP contribution in [0, 0.1) is 10.8 Å². The molecule has 33 heavy (non-hydrogen) atoms. The van der Waals surface area contributed by atoms with Gasteiger partial charge in [-0.3, -0.25) is 4.79 Å². The second kappa shape index (κ2) is 9.05. The lowest BCUT2D eigenvalue weighted by atomic mass is 9.65. The normalized spacial score (nSPS) is 23.3. The van der Waals surface area contributed by atoms with Crippen molar-refractivity contribution in [2.45, 2.75) is 57.5 Å². The lowest BCUT2D eigenvalue weighted by molar-refractivity contribution is 0.0708. The minimum atomic E-state index is -0.159. The van der Waals surface area contributed by atoms with E-state index in [4.69, 9.17) is 0 Å². The molecule has 2 bridgehead atoms. The summed E-state index contributed by atoms with van der Waals surface area (Å²) in [4.78, 5) is 30.7. The van der Waals surface area contributed by atoms with Crippen LogP contribution in [0.1, 0.15) is 56.0 Å². The molecule has 0 radical (unpaired) electrons. The Morgan fingerprint density at radius 3 is 2.55 bits per heavy atom. The zero-order valence-electron chi connectivity index (χ0n) is 20.4. The number of fused-ring (bicyclic) bond motifs is 2. The first-order valence-electron chi connectivity index (χ1n) is 11.6. The zero-order chi connectivity index (χ0) is 23.8. The Morgan fingerprint density at radius 1 is 1.12 bits per heavy atom. The van der Waals surface area contributed by atoms with E-state index in [0.717, 1.165) is 41.1 Å². The molecule has 1 saturated carbocycles. The first kappa shape index (κ1) is 23.7. The summed E-state index contributed by atoms with van der Waals surface area (Å²) in [5, 5.41) is 2.95. The van der Waals surface area contributed by atoms with Crippen LogP contribution in [0.2, 0.25) is 0 Å². The van der Waals surface area contributed by atoms with Gasteiger partial charge in [-0.05, 0) is 72.2 Å². The molecule has 1 aliphatic carbocycles. The zero-order valence-corrected chi connectivity index (χ0v) is 21.2. The highest BCUT2D eigenvalue weighted by Gasteiger charge is 2.50. The fourth-order valence-corrected chi connectivity index (χ4v) is 6.34. The number of rotatable bonds is 5. The molecular weight excluding hydrogens is 430 g/mol. The Bertz CT molecular complexity index is 1040. The van der Waals surface area contributed by atoms with Gasteiger partial charge in [-0.1, -0.05) is 39.0 Å². The lowest BCUT2D eigenvalue weighted by Gasteiger charge is -2.39. The third-order valence-electron chi connectivity index (χ3n) is 6.96. The minimum absolute atomic E-state index is 0.132. The molecule has 5 nitrogen and oxygen atoms in total. The van der Waals surface area contributed by atoms with Crippen molar-refractivity contribution in [1.82, 2.24) is 9.80 Å². The van der Waals surface area contributed by atoms with Crippen LogP contribution in [0.15, 0.2) is 53.4 Å². The van der Waals surface area contributed by atoms with Gasteiger partial charge in [0.15, 0.2) is 0 Å². The van der Waals surface area contributed by atoms with Crippen molar-refractivity contribution < 1.29 is 9.59 Å². The summed E-state index contributed by atoms with van der Waals surface area (Å²) in [6, 6.07) is 15.7. The second-order valence-corrected chi connectivity index (χ2v) is 11.7. The largest absolute Gasteiger partial charge is 0.335 e. The minimum Gasteiger partial charge on any atom is -0.335 e. The number of likely N-dealkylation sites (tertiary alicyclic amines) is 1. The third-order valence-corrected chi connectivity index (χ3v) is 7.69. The average Bonchev–Trinajstić information content (AvgIpc) is 3.02. The average molecular weight is 466 g/mol. The van der Waals surface area contributed by atoms with Gasteiger partial charge in [-0.25, -0.2) is 4.79 Å². The number of carbonyl (C=O) groups excluding carboxylic acids is 2. The number of hydrogen-bond acceptors (Lipinski definition) is 3. The van der Waals surface area contributed by atoms with Gasteiger partial charge in [0.2, 0.25) is 0 Å². The van der Waals surface area contributed by atoms with Crippen LogP contribution in [-0.4, -0.2) is 47.6 Å². The van der Waals surface area contributed by atoms with E-state index in [1.54, 1.807) is 23.7 Å². The molecule has 0 aromatic heterocycles. The van der Waals surface area contributed by atoms with Crippen molar-refractivity contribution in [2.75, 3.05) is 25.2 Å². The quantitative estimate of drug-likeness (QED) is 0.542. The molecule has 1 N–H and O–H groups in total.